The number of thiazole rings is 1. The van der Waals surface area contributed by atoms with Gasteiger partial charge in [0.2, 0.25) is 0 Å². The largest absolute Gasteiger partial charge is 0.422 e. The number of benzene rings is 2. The third kappa shape index (κ3) is 2.89. The van der Waals surface area contributed by atoms with Gasteiger partial charge in [-0.2, -0.15) is 5.26 Å². The maximum absolute atomic E-state index is 13.5. The minimum atomic E-state index is -0.487. The van der Waals surface area contributed by atoms with E-state index in [0.717, 1.165) is 52.7 Å². The molecule has 0 aliphatic carbocycles. The Kier molecular flexibility index (Phi) is 4.35. The van der Waals surface area contributed by atoms with E-state index in [-0.39, 0.29) is 16.4 Å². The lowest BCUT2D eigenvalue weighted by Gasteiger charge is -2.48. The summed E-state index contributed by atoms with van der Waals surface area (Å²) in [6.45, 7) is 13.0. The van der Waals surface area contributed by atoms with Crippen LogP contribution in [-0.4, -0.2) is 18.1 Å². The maximum atomic E-state index is 13.5. The second kappa shape index (κ2) is 6.93. The Morgan fingerprint density at radius 1 is 1.12 bits per heavy atom. The molecular formula is C28H27N3O2S. The van der Waals surface area contributed by atoms with Gasteiger partial charge in [-0.05, 0) is 59.9 Å². The van der Waals surface area contributed by atoms with Crippen molar-refractivity contribution in [3.05, 3.63) is 56.9 Å². The van der Waals surface area contributed by atoms with Gasteiger partial charge in [0.1, 0.15) is 22.2 Å². The molecule has 172 valence electrons. The molecule has 34 heavy (non-hydrogen) atoms. The zero-order valence-electron chi connectivity index (χ0n) is 20.2. The highest BCUT2D eigenvalue weighted by Gasteiger charge is 2.42. The van der Waals surface area contributed by atoms with Crippen LogP contribution in [0.25, 0.3) is 31.8 Å². The number of hydrogen-bond acceptors (Lipinski definition) is 6. The van der Waals surface area contributed by atoms with Crippen LogP contribution in [0.2, 0.25) is 0 Å². The van der Waals surface area contributed by atoms with Crippen molar-refractivity contribution in [1.29, 1.82) is 5.26 Å². The minimum absolute atomic E-state index is 0.0292. The minimum Gasteiger partial charge on any atom is -0.422 e. The first-order valence-corrected chi connectivity index (χ1v) is 12.6. The van der Waals surface area contributed by atoms with Gasteiger partial charge in [0, 0.05) is 29.7 Å². The van der Waals surface area contributed by atoms with Crippen LogP contribution in [0.15, 0.2) is 33.5 Å². The summed E-state index contributed by atoms with van der Waals surface area (Å²) in [7, 11) is 0. The lowest BCUT2D eigenvalue weighted by atomic mass is 9.69. The van der Waals surface area contributed by atoms with Crippen LogP contribution in [-0.2, 0) is 10.8 Å². The van der Waals surface area contributed by atoms with Crippen molar-refractivity contribution in [2.45, 2.75) is 58.3 Å². The summed E-state index contributed by atoms with van der Waals surface area (Å²) < 4.78 is 7.11. The van der Waals surface area contributed by atoms with E-state index in [1.807, 2.05) is 19.1 Å². The van der Waals surface area contributed by atoms with Crippen molar-refractivity contribution in [1.82, 2.24) is 4.98 Å². The first-order valence-electron chi connectivity index (χ1n) is 11.8. The van der Waals surface area contributed by atoms with E-state index in [2.05, 4.69) is 50.8 Å². The first kappa shape index (κ1) is 21.4. The van der Waals surface area contributed by atoms with Crippen molar-refractivity contribution >= 4 is 38.2 Å². The standard InChI is InChI=1S/C28H27N3O2S/c1-15-6-7-19-20(12-15)34-25(30-19)21-17(14-29)16-13-18-23-22(24(16)33-26(21)32)28(4,5)9-11-31(23)10-8-27(18,2)3/h6-7,12-13H,8-11H2,1-5H3. The summed E-state index contributed by atoms with van der Waals surface area (Å²) in [5, 5.41) is 11.6. The van der Waals surface area contributed by atoms with E-state index in [4.69, 9.17) is 9.40 Å². The molecule has 2 aliphatic rings. The predicted octanol–water partition coefficient (Wildman–Crippen LogP) is 6.42. The number of aryl methyl sites for hydroxylation is 1. The summed E-state index contributed by atoms with van der Waals surface area (Å²) in [6, 6.07) is 10.5. The molecule has 0 fully saturated rings. The number of anilines is 1. The second-order valence-electron chi connectivity index (χ2n) is 11.0. The van der Waals surface area contributed by atoms with Crippen molar-refractivity contribution in [3.63, 3.8) is 0 Å². The molecule has 6 rings (SSSR count). The highest BCUT2D eigenvalue weighted by molar-refractivity contribution is 7.21. The van der Waals surface area contributed by atoms with Gasteiger partial charge < -0.3 is 9.32 Å². The molecule has 4 aromatic rings. The number of aromatic nitrogens is 1. The van der Waals surface area contributed by atoms with Crippen LogP contribution in [0.5, 0.6) is 0 Å². The van der Waals surface area contributed by atoms with Crippen molar-refractivity contribution in [2.24, 2.45) is 0 Å². The normalized spacial score (nSPS) is 18.2. The number of hydrogen-bond donors (Lipinski definition) is 0. The number of nitriles is 1. The Hall–Kier alpha value is -3.17. The van der Waals surface area contributed by atoms with Gasteiger partial charge in [0.05, 0.1) is 15.8 Å². The van der Waals surface area contributed by atoms with Gasteiger partial charge in [-0.15, -0.1) is 11.3 Å². The average Bonchev–Trinajstić information content (AvgIpc) is 3.18. The number of fused-ring (bicyclic) bond motifs is 3. The summed E-state index contributed by atoms with van der Waals surface area (Å²) in [6.07, 6.45) is 2.03. The molecule has 0 atom stereocenters. The molecule has 2 aromatic carbocycles. The van der Waals surface area contributed by atoms with Crippen LogP contribution in [0.1, 0.15) is 62.8 Å². The van der Waals surface area contributed by atoms with Crippen LogP contribution < -0.4 is 10.5 Å². The molecule has 2 aromatic heterocycles. The molecule has 0 spiro atoms. The third-order valence-electron chi connectivity index (χ3n) is 7.78. The first-order chi connectivity index (χ1) is 16.1. The van der Waals surface area contributed by atoms with Crippen LogP contribution in [0.3, 0.4) is 0 Å². The molecular weight excluding hydrogens is 442 g/mol. The summed E-state index contributed by atoms with van der Waals surface area (Å²) in [5.74, 6) is 0. The van der Waals surface area contributed by atoms with Gasteiger partial charge in [-0.1, -0.05) is 33.8 Å². The molecule has 5 nitrogen and oxygen atoms in total. The zero-order valence-corrected chi connectivity index (χ0v) is 21.0. The Labute approximate surface area is 202 Å². The van der Waals surface area contributed by atoms with E-state index in [1.54, 1.807) is 0 Å². The quantitative estimate of drug-likeness (QED) is 0.301. The van der Waals surface area contributed by atoms with E-state index < -0.39 is 5.63 Å². The Balaban J connectivity index is 1.74. The number of rotatable bonds is 1. The Bertz CT molecular complexity index is 1620. The maximum Gasteiger partial charge on any atom is 0.348 e. The molecule has 6 heteroatoms. The zero-order chi connectivity index (χ0) is 24.0. The van der Waals surface area contributed by atoms with Gasteiger partial charge in [0.25, 0.3) is 0 Å². The second-order valence-corrected chi connectivity index (χ2v) is 12.1. The summed E-state index contributed by atoms with van der Waals surface area (Å²) in [5.41, 5.74) is 6.01. The van der Waals surface area contributed by atoms with E-state index in [1.165, 1.54) is 22.6 Å². The molecule has 0 unspecified atom stereocenters. The van der Waals surface area contributed by atoms with E-state index >= 15 is 0 Å². The molecule has 0 amide bonds. The highest BCUT2D eigenvalue weighted by atomic mass is 32.1. The highest BCUT2D eigenvalue weighted by Crippen LogP contribution is 2.52. The molecule has 0 saturated heterocycles. The smallest absolute Gasteiger partial charge is 0.348 e. The molecule has 0 radical (unpaired) electrons. The monoisotopic (exact) mass is 469 g/mol. The van der Waals surface area contributed by atoms with Crippen LogP contribution in [0.4, 0.5) is 5.69 Å². The van der Waals surface area contributed by atoms with Crippen LogP contribution >= 0.6 is 11.3 Å². The van der Waals surface area contributed by atoms with Gasteiger partial charge in [0.15, 0.2) is 0 Å². The van der Waals surface area contributed by atoms with E-state index in [9.17, 15) is 10.1 Å². The van der Waals surface area contributed by atoms with Gasteiger partial charge in [-0.3, -0.25) is 0 Å². The Morgan fingerprint density at radius 3 is 2.59 bits per heavy atom. The number of nitrogens with zero attached hydrogens (tertiary/aromatic N) is 3. The average molecular weight is 470 g/mol. The van der Waals surface area contributed by atoms with Crippen molar-refractivity contribution < 1.29 is 4.42 Å². The van der Waals surface area contributed by atoms with E-state index in [0.29, 0.717) is 16.2 Å². The van der Waals surface area contributed by atoms with Gasteiger partial charge in [-0.25, -0.2) is 9.78 Å². The lowest BCUT2D eigenvalue weighted by Crippen LogP contribution is -2.44. The molecule has 0 bridgehead atoms. The molecule has 0 N–H and O–H groups in total. The fourth-order valence-corrected chi connectivity index (χ4v) is 6.78. The Morgan fingerprint density at radius 2 is 1.85 bits per heavy atom. The fourth-order valence-electron chi connectivity index (χ4n) is 5.67. The fraction of sp³-hybridized carbons (Fsp3) is 0.393. The van der Waals surface area contributed by atoms with Crippen LogP contribution in [0, 0.1) is 18.3 Å². The molecule has 4 heterocycles. The lowest BCUT2D eigenvalue weighted by molar-refractivity contribution is 0.398. The summed E-state index contributed by atoms with van der Waals surface area (Å²) >= 11 is 1.44. The van der Waals surface area contributed by atoms with Crippen molar-refractivity contribution in [3.8, 4) is 16.6 Å². The molecule has 0 saturated carbocycles. The third-order valence-corrected chi connectivity index (χ3v) is 8.81. The molecule has 2 aliphatic heterocycles. The topological polar surface area (TPSA) is 70.1 Å². The SMILES string of the molecule is Cc1ccc2nc(-c3c(C#N)c4cc5c6c(c4oc3=O)C(C)(C)CCN6CCC5(C)C)sc2c1. The summed E-state index contributed by atoms with van der Waals surface area (Å²) in [4.78, 5) is 20.6. The van der Waals surface area contributed by atoms with Crippen molar-refractivity contribution in [2.75, 3.05) is 18.0 Å². The predicted molar refractivity (Wildman–Crippen MR) is 138 cm³/mol. The van der Waals surface area contributed by atoms with Gasteiger partial charge >= 0.3 is 5.63 Å².